The highest BCUT2D eigenvalue weighted by Crippen LogP contribution is 2.42. The van der Waals surface area contributed by atoms with Crippen LogP contribution in [0.1, 0.15) is 52.4 Å². The van der Waals surface area contributed by atoms with E-state index in [2.05, 4.69) is 24.1 Å². The van der Waals surface area contributed by atoms with Gasteiger partial charge in [-0.25, -0.2) is 4.79 Å². The Hall–Kier alpha value is -0.610. The molecule has 0 bridgehead atoms. The molecule has 0 aliphatic heterocycles. The number of nitrogens with one attached hydrogen (secondary N) is 1. The van der Waals surface area contributed by atoms with Gasteiger partial charge in [0, 0.05) is 12.6 Å². The summed E-state index contributed by atoms with van der Waals surface area (Å²) in [4.78, 5) is 15.0. The second kappa shape index (κ2) is 6.90. The smallest absolute Gasteiger partial charge is 0.327 e. The summed E-state index contributed by atoms with van der Waals surface area (Å²) in [7, 11) is 1.52. The molecule has 0 heterocycles. The van der Waals surface area contributed by atoms with Gasteiger partial charge in [0.25, 0.3) is 0 Å². The van der Waals surface area contributed by atoms with Crippen LogP contribution >= 0.6 is 0 Å². The van der Waals surface area contributed by atoms with Gasteiger partial charge in [-0.15, -0.1) is 0 Å². The van der Waals surface area contributed by atoms with Crippen LogP contribution in [0, 0.1) is 5.92 Å². The normalized spacial score (nSPS) is 21.8. The third-order valence-electron chi connectivity index (χ3n) is 4.63. The fourth-order valence-electron chi connectivity index (χ4n) is 3.22. The molecule has 4 nitrogen and oxygen atoms in total. The zero-order chi connectivity index (χ0) is 14.6. The Bertz CT molecular complexity index is 326. The minimum atomic E-state index is -0.472. The molecule has 0 aromatic heterocycles. The van der Waals surface area contributed by atoms with Gasteiger partial charge in [0.05, 0.1) is 7.11 Å². The highest BCUT2D eigenvalue weighted by atomic mass is 16.5. The molecule has 1 N–H and O–H groups in total. The van der Waals surface area contributed by atoms with Crippen molar-refractivity contribution < 1.29 is 9.53 Å². The first kappa shape index (κ1) is 15.8. The number of unbranched alkanes of at least 4 members (excludes halogenated alkanes) is 1. The van der Waals surface area contributed by atoms with Crippen LogP contribution < -0.4 is 5.32 Å². The zero-order valence-corrected chi connectivity index (χ0v) is 13.3. The SMILES string of the molecule is CCCCN(CC(NCC)(C(=O)OC)C1CC1)C1CC1. The average Bonchev–Trinajstić information content (AvgIpc) is 3.31. The van der Waals surface area contributed by atoms with E-state index in [0.717, 1.165) is 32.5 Å². The summed E-state index contributed by atoms with van der Waals surface area (Å²) in [6.45, 7) is 7.05. The number of hydrogen-bond acceptors (Lipinski definition) is 4. The Morgan fingerprint density at radius 1 is 1.30 bits per heavy atom. The largest absolute Gasteiger partial charge is 0.468 e. The maximum Gasteiger partial charge on any atom is 0.327 e. The summed E-state index contributed by atoms with van der Waals surface area (Å²) in [6.07, 6.45) is 7.29. The molecule has 1 atom stereocenters. The number of methoxy groups -OCH3 is 1. The first-order valence-corrected chi connectivity index (χ1v) is 8.25. The van der Waals surface area contributed by atoms with Crippen LogP contribution in [0.2, 0.25) is 0 Å². The molecule has 0 amide bonds. The van der Waals surface area contributed by atoms with Crippen LogP contribution in [-0.2, 0) is 9.53 Å². The molecule has 4 heteroatoms. The van der Waals surface area contributed by atoms with Crippen LogP contribution in [0.3, 0.4) is 0 Å². The molecule has 2 aliphatic carbocycles. The van der Waals surface area contributed by atoms with E-state index < -0.39 is 5.54 Å². The minimum Gasteiger partial charge on any atom is -0.468 e. The van der Waals surface area contributed by atoms with E-state index in [0.29, 0.717) is 12.0 Å². The molecular formula is C16H30N2O2. The molecule has 2 rings (SSSR count). The van der Waals surface area contributed by atoms with Crippen LogP contribution in [0.25, 0.3) is 0 Å². The summed E-state index contributed by atoms with van der Waals surface area (Å²) in [6, 6.07) is 0.697. The fraction of sp³-hybridized carbons (Fsp3) is 0.938. The van der Waals surface area contributed by atoms with E-state index in [4.69, 9.17) is 4.74 Å². The number of esters is 1. The van der Waals surface area contributed by atoms with E-state index in [9.17, 15) is 4.79 Å². The highest BCUT2D eigenvalue weighted by Gasteiger charge is 2.53. The van der Waals surface area contributed by atoms with Gasteiger partial charge >= 0.3 is 5.97 Å². The zero-order valence-electron chi connectivity index (χ0n) is 13.3. The number of ether oxygens (including phenoxy) is 1. The second-order valence-corrected chi connectivity index (χ2v) is 6.32. The van der Waals surface area contributed by atoms with Crippen molar-refractivity contribution in [2.24, 2.45) is 5.92 Å². The fourth-order valence-corrected chi connectivity index (χ4v) is 3.22. The summed E-state index contributed by atoms with van der Waals surface area (Å²) < 4.78 is 5.15. The first-order valence-electron chi connectivity index (χ1n) is 8.25. The molecule has 1 unspecified atom stereocenters. The van der Waals surface area contributed by atoms with E-state index >= 15 is 0 Å². The number of carbonyl (C=O) groups excluding carboxylic acids is 1. The van der Waals surface area contributed by atoms with Gasteiger partial charge in [0.15, 0.2) is 0 Å². The summed E-state index contributed by atoms with van der Waals surface area (Å²) in [5.74, 6) is 0.391. The van der Waals surface area contributed by atoms with Crippen molar-refractivity contribution in [1.82, 2.24) is 10.2 Å². The van der Waals surface area contributed by atoms with Gasteiger partial charge < -0.3 is 10.1 Å². The van der Waals surface area contributed by atoms with Crippen molar-refractivity contribution in [3.05, 3.63) is 0 Å². The van der Waals surface area contributed by atoms with Crippen LogP contribution in [0.5, 0.6) is 0 Å². The molecule has 0 radical (unpaired) electrons. The Morgan fingerprint density at radius 3 is 2.45 bits per heavy atom. The van der Waals surface area contributed by atoms with Gasteiger partial charge in [-0.1, -0.05) is 20.3 Å². The molecule has 0 aromatic carbocycles. The molecular weight excluding hydrogens is 252 g/mol. The van der Waals surface area contributed by atoms with Crippen LogP contribution in [0.4, 0.5) is 0 Å². The standard InChI is InChI=1S/C16H30N2O2/c1-4-6-11-18(14-9-10-14)12-16(17-5-2,13-7-8-13)15(19)20-3/h13-14,17H,4-12H2,1-3H3. The van der Waals surface area contributed by atoms with Gasteiger partial charge in [-0.2, -0.15) is 0 Å². The Labute approximate surface area is 123 Å². The third kappa shape index (κ3) is 3.53. The topological polar surface area (TPSA) is 41.6 Å². The van der Waals surface area contributed by atoms with Crippen molar-refractivity contribution in [1.29, 1.82) is 0 Å². The van der Waals surface area contributed by atoms with Crippen molar-refractivity contribution in [2.75, 3.05) is 26.7 Å². The lowest BCUT2D eigenvalue weighted by molar-refractivity contribution is -0.151. The first-order chi connectivity index (χ1) is 9.67. The number of carbonyl (C=O) groups is 1. The van der Waals surface area contributed by atoms with Crippen molar-refractivity contribution >= 4 is 5.97 Å². The predicted octanol–water partition coefficient (Wildman–Crippen LogP) is 2.18. The van der Waals surface area contributed by atoms with Crippen LogP contribution in [-0.4, -0.2) is 49.2 Å². The number of hydrogen-bond donors (Lipinski definition) is 1. The maximum atomic E-state index is 12.4. The van der Waals surface area contributed by atoms with Gasteiger partial charge in [-0.05, 0) is 51.1 Å². The lowest BCUT2D eigenvalue weighted by atomic mass is 9.91. The lowest BCUT2D eigenvalue weighted by Crippen LogP contribution is -2.61. The Balaban J connectivity index is 2.09. The van der Waals surface area contributed by atoms with Gasteiger partial charge in [-0.3, -0.25) is 4.90 Å². The van der Waals surface area contributed by atoms with E-state index in [1.807, 2.05) is 0 Å². The van der Waals surface area contributed by atoms with Crippen molar-refractivity contribution in [3.63, 3.8) is 0 Å². The molecule has 20 heavy (non-hydrogen) atoms. The minimum absolute atomic E-state index is 0.0657. The van der Waals surface area contributed by atoms with Gasteiger partial charge in [0.2, 0.25) is 0 Å². The lowest BCUT2D eigenvalue weighted by Gasteiger charge is -2.37. The maximum absolute atomic E-state index is 12.4. The van der Waals surface area contributed by atoms with Crippen LogP contribution in [0.15, 0.2) is 0 Å². The van der Waals surface area contributed by atoms with E-state index in [1.165, 1.54) is 32.8 Å². The quantitative estimate of drug-likeness (QED) is 0.624. The van der Waals surface area contributed by atoms with E-state index in [-0.39, 0.29) is 5.97 Å². The molecule has 0 saturated heterocycles. The predicted molar refractivity (Wildman–Crippen MR) is 80.7 cm³/mol. The molecule has 2 aliphatic rings. The number of rotatable bonds is 10. The second-order valence-electron chi connectivity index (χ2n) is 6.32. The molecule has 2 fully saturated rings. The third-order valence-corrected chi connectivity index (χ3v) is 4.63. The van der Waals surface area contributed by atoms with E-state index in [1.54, 1.807) is 0 Å². The Kier molecular flexibility index (Phi) is 5.44. The Morgan fingerprint density at radius 2 is 2.00 bits per heavy atom. The summed E-state index contributed by atoms with van der Waals surface area (Å²) in [5.41, 5.74) is -0.472. The average molecular weight is 282 g/mol. The molecule has 0 spiro atoms. The number of nitrogens with zero attached hydrogens (tertiary/aromatic N) is 1. The van der Waals surface area contributed by atoms with Crippen molar-refractivity contribution in [3.8, 4) is 0 Å². The molecule has 0 aromatic rings. The summed E-state index contributed by atoms with van der Waals surface area (Å²) in [5, 5.41) is 3.48. The molecule has 116 valence electrons. The monoisotopic (exact) mass is 282 g/mol. The highest BCUT2D eigenvalue weighted by molar-refractivity contribution is 5.82. The van der Waals surface area contributed by atoms with Crippen molar-refractivity contribution in [2.45, 2.75) is 64.0 Å². The number of likely N-dealkylation sites (N-methyl/N-ethyl adjacent to an activating group) is 1. The van der Waals surface area contributed by atoms with Gasteiger partial charge in [0.1, 0.15) is 5.54 Å². The summed E-state index contributed by atoms with van der Waals surface area (Å²) >= 11 is 0. The molecule has 2 saturated carbocycles.